The van der Waals surface area contributed by atoms with Crippen LogP contribution in [0.15, 0.2) is 4.34 Å². The molecule has 1 aliphatic carbocycles. The van der Waals surface area contributed by atoms with Crippen molar-refractivity contribution in [3.05, 3.63) is 5.82 Å². The molecule has 1 aliphatic rings. The minimum absolute atomic E-state index is 0.368. The molecule has 1 heterocycles. The van der Waals surface area contributed by atoms with Gasteiger partial charge in [-0.15, -0.1) is 0 Å². The monoisotopic (exact) mass is 273 g/mol. The quantitative estimate of drug-likeness (QED) is 0.766. The third kappa shape index (κ3) is 3.40. The van der Waals surface area contributed by atoms with Gasteiger partial charge in [0, 0.05) is 11.8 Å². The third-order valence-electron chi connectivity index (χ3n) is 2.57. The van der Waals surface area contributed by atoms with Crippen molar-refractivity contribution in [1.29, 1.82) is 0 Å². The van der Waals surface area contributed by atoms with E-state index in [0.29, 0.717) is 11.8 Å². The molecule has 1 unspecified atom stereocenters. The first kappa shape index (κ1) is 12.8. The molecular formula is C10H15N3O2S2. The van der Waals surface area contributed by atoms with Gasteiger partial charge in [-0.3, -0.25) is 10.1 Å². The molecule has 0 aliphatic heterocycles. The maximum Gasteiger partial charge on any atom is 0.324 e. The number of rotatable bonds is 6. The molecule has 1 fully saturated rings. The number of carboxylic acids is 1. The molecule has 0 bridgehead atoms. The lowest BCUT2D eigenvalue weighted by Gasteiger charge is -2.25. The number of nitrogens with one attached hydrogen (secondary N) is 1. The van der Waals surface area contributed by atoms with Crippen molar-refractivity contribution in [2.24, 2.45) is 0 Å². The lowest BCUT2D eigenvalue weighted by molar-refractivity contribution is -0.143. The molecule has 0 amide bonds. The van der Waals surface area contributed by atoms with Crippen molar-refractivity contribution >= 4 is 29.3 Å². The van der Waals surface area contributed by atoms with Crippen LogP contribution in [0.5, 0.6) is 0 Å². The Hall–Kier alpha value is -0.660. The molecule has 2 N–H and O–H groups in total. The van der Waals surface area contributed by atoms with Gasteiger partial charge in [-0.05, 0) is 38.2 Å². The van der Waals surface area contributed by atoms with Gasteiger partial charge in [0.2, 0.25) is 0 Å². The lowest BCUT2D eigenvalue weighted by atomic mass is 10.1. The van der Waals surface area contributed by atoms with E-state index in [2.05, 4.69) is 14.7 Å². The summed E-state index contributed by atoms with van der Waals surface area (Å²) >= 11 is 2.77. The highest BCUT2D eigenvalue weighted by Gasteiger charge is 2.38. The second kappa shape index (κ2) is 4.91. The number of aliphatic carboxylic acids is 1. The van der Waals surface area contributed by atoms with E-state index in [0.717, 1.165) is 23.0 Å². The Balaban J connectivity index is 1.95. The number of carboxylic acid groups (broad SMARTS) is 1. The van der Waals surface area contributed by atoms with E-state index in [9.17, 15) is 9.90 Å². The van der Waals surface area contributed by atoms with Crippen molar-refractivity contribution in [2.45, 2.75) is 42.6 Å². The first-order valence-electron chi connectivity index (χ1n) is 5.44. The largest absolute Gasteiger partial charge is 0.480 e. The molecule has 5 nitrogen and oxygen atoms in total. The van der Waals surface area contributed by atoms with Crippen molar-refractivity contribution in [3.63, 3.8) is 0 Å². The fourth-order valence-electron chi connectivity index (χ4n) is 1.39. The first-order chi connectivity index (χ1) is 7.99. The number of aromatic nitrogens is 2. The summed E-state index contributed by atoms with van der Waals surface area (Å²) in [5.74, 6) is 0.399. The van der Waals surface area contributed by atoms with E-state index in [1.165, 1.54) is 23.3 Å². The molecule has 1 atom stereocenters. The molecule has 0 radical (unpaired) electrons. The van der Waals surface area contributed by atoms with E-state index in [1.807, 2.05) is 6.92 Å². The Morgan fingerprint density at radius 2 is 2.41 bits per heavy atom. The molecule has 1 saturated carbocycles. The van der Waals surface area contributed by atoms with Gasteiger partial charge in [0.1, 0.15) is 11.4 Å². The number of aryl methyl sites for hydroxylation is 1. The van der Waals surface area contributed by atoms with Gasteiger partial charge < -0.3 is 5.11 Å². The average Bonchev–Trinajstić information content (AvgIpc) is 2.96. The normalized spacial score (nSPS) is 18.9. The fourth-order valence-corrected chi connectivity index (χ4v) is 3.13. The third-order valence-corrected chi connectivity index (χ3v) is 4.81. The Bertz CT molecular complexity index is 419. The van der Waals surface area contributed by atoms with Crippen LogP contribution in [0, 0.1) is 6.92 Å². The second-order valence-electron chi connectivity index (χ2n) is 4.45. The van der Waals surface area contributed by atoms with E-state index >= 15 is 0 Å². The van der Waals surface area contributed by atoms with Gasteiger partial charge in [-0.25, -0.2) is 4.98 Å². The van der Waals surface area contributed by atoms with Crippen molar-refractivity contribution in [2.75, 3.05) is 5.75 Å². The van der Waals surface area contributed by atoms with Crippen LogP contribution in [0.2, 0.25) is 0 Å². The summed E-state index contributed by atoms with van der Waals surface area (Å²) in [5.41, 5.74) is -0.884. The molecular weight excluding hydrogens is 258 g/mol. The fraction of sp³-hybridized carbons (Fsp3) is 0.700. The van der Waals surface area contributed by atoms with E-state index in [1.54, 1.807) is 6.92 Å². The molecule has 7 heteroatoms. The Labute approximate surface area is 108 Å². The molecule has 0 aromatic carbocycles. The molecule has 1 aromatic heterocycles. The SMILES string of the molecule is Cc1nsc(SCC(C)(NC2CC2)C(=O)O)n1. The predicted octanol–water partition coefficient (Wildman–Crippen LogP) is 1.53. The summed E-state index contributed by atoms with van der Waals surface area (Å²) in [6.07, 6.45) is 2.15. The summed E-state index contributed by atoms with van der Waals surface area (Å²) < 4.78 is 4.90. The average molecular weight is 273 g/mol. The van der Waals surface area contributed by atoms with Gasteiger partial charge in [-0.1, -0.05) is 11.8 Å². The zero-order valence-corrected chi connectivity index (χ0v) is 11.4. The molecule has 2 rings (SSSR count). The van der Waals surface area contributed by atoms with Gasteiger partial charge in [0.05, 0.1) is 0 Å². The Morgan fingerprint density at radius 1 is 1.71 bits per heavy atom. The minimum atomic E-state index is -0.884. The first-order valence-corrected chi connectivity index (χ1v) is 7.20. The zero-order chi connectivity index (χ0) is 12.5. The summed E-state index contributed by atoms with van der Waals surface area (Å²) in [7, 11) is 0. The summed E-state index contributed by atoms with van der Waals surface area (Å²) in [5, 5.41) is 12.5. The van der Waals surface area contributed by atoms with Gasteiger partial charge >= 0.3 is 5.97 Å². The smallest absolute Gasteiger partial charge is 0.324 e. The number of nitrogens with zero attached hydrogens (tertiary/aromatic N) is 2. The van der Waals surface area contributed by atoms with Crippen LogP contribution < -0.4 is 5.32 Å². The number of carbonyl (C=O) groups is 1. The molecule has 1 aromatic rings. The highest BCUT2D eigenvalue weighted by Crippen LogP contribution is 2.28. The van der Waals surface area contributed by atoms with Gasteiger partial charge in [0.15, 0.2) is 4.34 Å². The molecule has 94 valence electrons. The number of hydrogen-bond donors (Lipinski definition) is 2. The van der Waals surface area contributed by atoms with Crippen molar-refractivity contribution in [3.8, 4) is 0 Å². The zero-order valence-electron chi connectivity index (χ0n) is 9.77. The highest BCUT2D eigenvalue weighted by molar-refractivity contribution is 8.01. The van der Waals surface area contributed by atoms with Crippen molar-refractivity contribution in [1.82, 2.24) is 14.7 Å². The predicted molar refractivity (Wildman–Crippen MR) is 67.6 cm³/mol. The van der Waals surface area contributed by atoms with E-state index < -0.39 is 11.5 Å². The van der Waals surface area contributed by atoms with E-state index in [-0.39, 0.29) is 0 Å². The van der Waals surface area contributed by atoms with E-state index in [4.69, 9.17) is 0 Å². The van der Waals surface area contributed by atoms with Crippen molar-refractivity contribution < 1.29 is 9.90 Å². The standard InChI is InChI=1S/C10H15N3O2S2/c1-6-11-9(17-13-6)16-5-10(2,8(14)15)12-7-3-4-7/h7,12H,3-5H2,1-2H3,(H,14,15). The maximum atomic E-state index is 11.3. The molecule has 0 saturated heterocycles. The summed E-state index contributed by atoms with van der Waals surface area (Å²) in [4.78, 5) is 15.5. The van der Waals surface area contributed by atoms with Crippen LogP contribution in [0.4, 0.5) is 0 Å². The minimum Gasteiger partial charge on any atom is -0.480 e. The maximum absolute atomic E-state index is 11.3. The van der Waals surface area contributed by atoms with Crippen LogP contribution in [0.25, 0.3) is 0 Å². The summed E-state index contributed by atoms with van der Waals surface area (Å²) in [6, 6.07) is 0.368. The molecule has 17 heavy (non-hydrogen) atoms. The van der Waals surface area contributed by atoms with Gasteiger partial charge in [-0.2, -0.15) is 4.37 Å². The number of hydrogen-bond acceptors (Lipinski definition) is 6. The lowest BCUT2D eigenvalue weighted by Crippen LogP contribution is -2.52. The topological polar surface area (TPSA) is 75.1 Å². The Kier molecular flexibility index (Phi) is 3.70. The Morgan fingerprint density at radius 3 is 2.88 bits per heavy atom. The van der Waals surface area contributed by atoms with Crippen LogP contribution in [0.1, 0.15) is 25.6 Å². The summed E-state index contributed by atoms with van der Waals surface area (Å²) in [6.45, 7) is 3.56. The van der Waals surface area contributed by atoms with Crippen LogP contribution >= 0.6 is 23.3 Å². The van der Waals surface area contributed by atoms with Crippen LogP contribution in [-0.4, -0.2) is 37.8 Å². The van der Waals surface area contributed by atoms with Gasteiger partial charge in [0.25, 0.3) is 0 Å². The van der Waals surface area contributed by atoms with Crippen LogP contribution in [0.3, 0.4) is 0 Å². The van der Waals surface area contributed by atoms with Crippen LogP contribution in [-0.2, 0) is 4.79 Å². The molecule has 0 spiro atoms. The number of thioether (sulfide) groups is 1. The highest BCUT2D eigenvalue weighted by atomic mass is 32.2. The second-order valence-corrected chi connectivity index (χ2v) is 6.43.